The Hall–Kier alpha value is -1.13. The van der Waals surface area contributed by atoms with E-state index in [4.69, 9.17) is 4.74 Å². The second-order valence-electron chi connectivity index (χ2n) is 4.44. The van der Waals surface area contributed by atoms with Gasteiger partial charge in [-0.3, -0.25) is 0 Å². The first-order valence-electron chi connectivity index (χ1n) is 6.00. The minimum absolute atomic E-state index is 0.146. The monoisotopic (exact) mass is 238 g/mol. The fourth-order valence-corrected chi connectivity index (χ4v) is 2.16. The molecule has 0 spiro atoms. The van der Waals surface area contributed by atoms with E-state index in [9.17, 15) is 4.39 Å². The fourth-order valence-electron chi connectivity index (χ4n) is 2.16. The van der Waals surface area contributed by atoms with E-state index in [2.05, 4.69) is 5.32 Å². The van der Waals surface area contributed by atoms with Crippen molar-refractivity contribution in [1.29, 1.82) is 0 Å². The van der Waals surface area contributed by atoms with Gasteiger partial charge in [0.05, 0.1) is 18.4 Å². The molecule has 1 unspecified atom stereocenters. The quantitative estimate of drug-likeness (QED) is 0.868. The van der Waals surface area contributed by atoms with E-state index < -0.39 is 0 Å². The van der Waals surface area contributed by atoms with Gasteiger partial charge in [-0.2, -0.15) is 0 Å². The lowest BCUT2D eigenvalue weighted by Gasteiger charge is -2.33. The number of rotatable bonds is 3. The Bertz CT molecular complexity index is 384. The molecule has 1 atom stereocenters. The van der Waals surface area contributed by atoms with Crippen LogP contribution in [-0.2, 0) is 11.3 Å². The maximum Gasteiger partial charge on any atom is 0.146 e. The van der Waals surface area contributed by atoms with Crippen LogP contribution in [0, 0.1) is 5.82 Å². The molecule has 0 aliphatic carbocycles. The average Bonchev–Trinajstić information content (AvgIpc) is 2.29. The lowest BCUT2D eigenvalue weighted by molar-refractivity contribution is 0.0530. The molecule has 0 bridgehead atoms. The van der Waals surface area contributed by atoms with Crippen molar-refractivity contribution in [2.45, 2.75) is 19.6 Å². The van der Waals surface area contributed by atoms with Crippen LogP contribution < -0.4 is 10.2 Å². The summed E-state index contributed by atoms with van der Waals surface area (Å²) in [6.07, 6.45) is 0.167. The summed E-state index contributed by atoms with van der Waals surface area (Å²) in [6, 6.07) is 5.43. The molecule has 0 aromatic heterocycles. The lowest BCUT2D eigenvalue weighted by atomic mass is 10.1. The summed E-state index contributed by atoms with van der Waals surface area (Å²) in [4.78, 5) is 2.05. The zero-order chi connectivity index (χ0) is 12.3. The van der Waals surface area contributed by atoms with Gasteiger partial charge in [0.15, 0.2) is 0 Å². The third-order valence-electron chi connectivity index (χ3n) is 2.97. The molecule has 1 aromatic rings. The van der Waals surface area contributed by atoms with Gasteiger partial charge >= 0.3 is 0 Å². The largest absolute Gasteiger partial charge is 0.375 e. The van der Waals surface area contributed by atoms with Gasteiger partial charge in [0, 0.05) is 19.6 Å². The maximum absolute atomic E-state index is 14.0. The third-order valence-corrected chi connectivity index (χ3v) is 2.97. The van der Waals surface area contributed by atoms with Crippen molar-refractivity contribution in [3.63, 3.8) is 0 Å². The Kier molecular flexibility index (Phi) is 3.97. The highest BCUT2D eigenvalue weighted by Crippen LogP contribution is 2.22. The van der Waals surface area contributed by atoms with Crippen LogP contribution in [0.25, 0.3) is 0 Å². The first-order chi connectivity index (χ1) is 8.20. The van der Waals surface area contributed by atoms with Gasteiger partial charge in [0.1, 0.15) is 5.82 Å². The lowest BCUT2D eigenvalue weighted by Crippen LogP contribution is -2.41. The number of nitrogens with zero attached hydrogens (tertiary/aromatic N) is 1. The number of morpholine rings is 1. The molecule has 4 heteroatoms. The molecule has 1 saturated heterocycles. The first kappa shape index (κ1) is 12.3. The van der Waals surface area contributed by atoms with Crippen molar-refractivity contribution >= 4 is 5.69 Å². The smallest absolute Gasteiger partial charge is 0.146 e. The van der Waals surface area contributed by atoms with Crippen molar-refractivity contribution in [2.75, 3.05) is 31.6 Å². The molecule has 1 aliphatic rings. The van der Waals surface area contributed by atoms with Crippen LogP contribution in [0.4, 0.5) is 10.1 Å². The molecule has 2 rings (SSSR count). The number of halogens is 1. The number of nitrogens with one attached hydrogen (secondary N) is 1. The van der Waals surface area contributed by atoms with E-state index in [1.165, 1.54) is 0 Å². The molecule has 1 N–H and O–H groups in total. The molecule has 0 amide bonds. The summed E-state index contributed by atoms with van der Waals surface area (Å²) in [7, 11) is 1.86. The zero-order valence-electron chi connectivity index (χ0n) is 10.4. The normalized spacial score (nSPS) is 20.6. The van der Waals surface area contributed by atoms with Crippen LogP contribution >= 0.6 is 0 Å². The van der Waals surface area contributed by atoms with Gasteiger partial charge < -0.3 is 15.0 Å². The maximum atomic E-state index is 14.0. The number of hydrogen-bond acceptors (Lipinski definition) is 3. The van der Waals surface area contributed by atoms with Crippen molar-refractivity contribution < 1.29 is 9.13 Å². The van der Waals surface area contributed by atoms with Crippen LogP contribution in [0.1, 0.15) is 12.5 Å². The Morgan fingerprint density at radius 3 is 3.00 bits per heavy atom. The SMILES string of the molecule is CNCc1ccc(N2CCOC(C)C2)c(F)c1. The molecule has 3 nitrogen and oxygen atoms in total. The summed E-state index contributed by atoms with van der Waals surface area (Å²) >= 11 is 0. The van der Waals surface area contributed by atoms with Gasteiger partial charge in [-0.15, -0.1) is 0 Å². The number of anilines is 1. The highest BCUT2D eigenvalue weighted by Gasteiger charge is 2.19. The second-order valence-corrected chi connectivity index (χ2v) is 4.44. The zero-order valence-corrected chi connectivity index (χ0v) is 10.4. The van der Waals surface area contributed by atoms with Gasteiger partial charge in [0.25, 0.3) is 0 Å². The highest BCUT2D eigenvalue weighted by molar-refractivity contribution is 5.49. The van der Waals surface area contributed by atoms with Crippen molar-refractivity contribution in [2.24, 2.45) is 0 Å². The molecule has 94 valence electrons. The molecule has 1 aromatic carbocycles. The van der Waals surface area contributed by atoms with Crippen molar-refractivity contribution in [3.8, 4) is 0 Å². The Labute approximate surface area is 102 Å². The molecule has 17 heavy (non-hydrogen) atoms. The molecular formula is C13H19FN2O. The van der Waals surface area contributed by atoms with Crippen LogP contribution in [0.5, 0.6) is 0 Å². The third kappa shape index (κ3) is 2.96. The van der Waals surface area contributed by atoms with E-state index in [1.54, 1.807) is 6.07 Å². The number of hydrogen-bond donors (Lipinski definition) is 1. The van der Waals surface area contributed by atoms with Gasteiger partial charge in [-0.25, -0.2) is 4.39 Å². The van der Waals surface area contributed by atoms with E-state index in [0.717, 1.165) is 18.7 Å². The van der Waals surface area contributed by atoms with Gasteiger partial charge in [-0.05, 0) is 31.7 Å². The first-order valence-corrected chi connectivity index (χ1v) is 6.00. The Morgan fingerprint density at radius 1 is 1.53 bits per heavy atom. The van der Waals surface area contributed by atoms with E-state index >= 15 is 0 Å². The van der Waals surface area contributed by atoms with Crippen LogP contribution in [0.15, 0.2) is 18.2 Å². The Morgan fingerprint density at radius 2 is 2.35 bits per heavy atom. The molecule has 0 saturated carbocycles. The predicted octanol–water partition coefficient (Wildman–Crippen LogP) is 1.77. The minimum atomic E-state index is -0.146. The molecule has 0 radical (unpaired) electrons. The van der Waals surface area contributed by atoms with E-state index in [1.807, 2.05) is 31.0 Å². The van der Waals surface area contributed by atoms with Crippen LogP contribution in [0.2, 0.25) is 0 Å². The molecule has 1 fully saturated rings. The Balaban J connectivity index is 2.15. The van der Waals surface area contributed by atoms with Crippen molar-refractivity contribution in [3.05, 3.63) is 29.6 Å². The molecular weight excluding hydrogens is 219 g/mol. The fraction of sp³-hybridized carbons (Fsp3) is 0.538. The van der Waals surface area contributed by atoms with Crippen LogP contribution in [-0.4, -0.2) is 32.8 Å². The van der Waals surface area contributed by atoms with Crippen molar-refractivity contribution in [1.82, 2.24) is 5.32 Å². The van der Waals surface area contributed by atoms with E-state index in [-0.39, 0.29) is 11.9 Å². The number of benzene rings is 1. The standard InChI is InChI=1S/C13H19FN2O/c1-10-9-16(5-6-17-10)13-4-3-11(8-15-2)7-12(13)14/h3-4,7,10,15H,5-6,8-9H2,1-2H3. The summed E-state index contributed by atoms with van der Waals surface area (Å²) in [5.74, 6) is -0.146. The minimum Gasteiger partial charge on any atom is -0.375 e. The summed E-state index contributed by atoms with van der Waals surface area (Å²) in [6.45, 7) is 4.88. The predicted molar refractivity (Wildman–Crippen MR) is 66.8 cm³/mol. The van der Waals surface area contributed by atoms with Gasteiger partial charge in [0.2, 0.25) is 0 Å². The molecule has 1 heterocycles. The van der Waals surface area contributed by atoms with E-state index in [0.29, 0.717) is 18.8 Å². The summed E-state index contributed by atoms with van der Waals surface area (Å²) in [5, 5.41) is 3.02. The van der Waals surface area contributed by atoms with Gasteiger partial charge in [-0.1, -0.05) is 6.07 Å². The second kappa shape index (κ2) is 5.47. The summed E-state index contributed by atoms with van der Waals surface area (Å²) in [5.41, 5.74) is 1.65. The van der Waals surface area contributed by atoms with Crippen LogP contribution in [0.3, 0.4) is 0 Å². The highest BCUT2D eigenvalue weighted by atomic mass is 19.1. The topological polar surface area (TPSA) is 24.5 Å². The summed E-state index contributed by atoms with van der Waals surface area (Å²) < 4.78 is 19.4. The number of ether oxygens (including phenoxy) is 1. The average molecular weight is 238 g/mol. The molecule has 1 aliphatic heterocycles.